The summed E-state index contributed by atoms with van der Waals surface area (Å²) in [5.74, 6) is 0.717. The quantitative estimate of drug-likeness (QED) is 0.812. The number of hydrogen-bond acceptors (Lipinski definition) is 2. The van der Waals surface area contributed by atoms with Crippen LogP contribution in [-0.2, 0) is 6.42 Å². The molecular weight excluding hydrogens is 214 g/mol. The van der Waals surface area contributed by atoms with Crippen molar-refractivity contribution < 1.29 is 0 Å². The molecule has 4 nitrogen and oxygen atoms in total. The van der Waals surface area contributed by atoms with Crippen molar-refractivity contribution in [3.8, 4) is 0 Å². The molecular formula is C13H17N3O. The van der Waals surface area contributed by atoms with Crippen molar-refractivity contribution in [2.75, 3.05) is 13.1 Å². The van der Waals surface area contributed by atoms with Crippen molar-refractivity contribution >= 4 is 5.65 Å². The zero-order chi connectivity index (χ0) is 11.8. The summed E-state index contributed by atoms with van der Waals surface area (Å²) in [5, 5.41) is 3.38. The highest BCUT2D eigenvalue weighted by Gasteiger charge is 2.17. The van der Waals surface area contributed by atoms with Gasteiger partial charge >= 0.3 is 0 Å². The molecule has 1 saturated heterocycles. The van der Waals surface area contributed by atoms with Crippen LogP contribution in [0.25, 0.3) is 5.65 Å². The Bertz CT molecular complexity index is 590. The van der Waals surface area contributed by atoms with Crippen LogP contribution in [0.2, 0.25) is 0 Å². The Balaban J connectivity index is 1.98. The molecule has 1 atom stereocenters. The van der Waals surface area contributed by atoms with Gasteiger partial charge in [0.15, 0.2) is 5.43 Å². The average Bonchev–Trinajstić information content (AvgIpc) is 2.89. The second kappa shape index (κ2) is 4.04. The fraction of sp³-hybridized carbons (Fsp3) is 0.462. The summed E-state index contributed by atoms with van der Waals surface area (Å²) in [6.45, 7) is 4.33. The maximum Gasteiger partial charge on any atom is 0.183 e. The van der Waals surface area contributed by atoms with E-state index in [1.54, 1.807) is 12.1 Å². The topological polar surface area (TPSA) is 49.3 Å². The molecule has 2 aromatic heterocycles. The molecule has 0 aliphatic carbocycles. The summed E-state index contributed by atoms with van der Waals surface area (Å²) in [6, 6.07) is 3.26. The van der Waals surface area contributed by atoms with Gasteiger partial charge in [-0.2, -0.15) is 0 Å². The summed E-state index contributed by atoms with van der Waals surface area (Å²) in [4.78, 5) is 14.7. The Kier molecular flexibility index (Phi) is 2.52. The zero-order valence-corrected chi connectivity index (χ0v) is 9.99. The van der Waals surface area contributed by atoms with Crippen molar-refractivity contribution in [1.29, 1.82) is 0 Å². The zero-order valence-electron chi connectivity index (χ0n) is 9.99. The molecule has 1 unspecified atom stereocenters. The van der Waals surface area contributed by atoms with E-state index < -0.39 is 0 Å². The molecule has 0 bridgehead atoms. The van der Waals surface area contributed by atoms with Gasteiger partial charge < -0.3 is 14.7 Å². The van der Waals surface area contributed by atoms with Crippen LogP contribution in [0, 0.1) is 12.8 Å². The highest BCUT2D eigenvalue weighted by Crippen LogP contribution is 2.18. The summed E-state index contributed by atoms with van der Waals surface area (Å²) in [5.41, 5.74) is 3.42. The van der Waals surface area contributed by atoms with E-state index in [1.165, 1.54) is 17.8 Å². The SMILES string of the molecule is Cc1c(CC2CCNC2)[nH]c2cc(=O)ccn12. The van der Waals surface area contributed by atoms with E-state index in [0.29, 0.717) is 5.92 Å². The Morgan fingerprint density at radius 1 is 1.53 bits per heavy atom. The fourth-order valence-electron chi connectivity index (χ4n) is 2.64. The van der Waals surface area contributed by atoms with Gasteiger partial charge in [-0.1, -0.05) is 0 Å². The molecule has 1 fully saturated rings. The van der Waals surface area contributed by atoms with Crippen LogP contribution in [0.3, 0.4) is 0 Å². The number of nitrogens with zero attached hydrogens (tertiary/aromatic N) is 1. The predicted molar refractivity (Wildman–Crippen MR) is 67.4 cm³/mol. The van der Waals surface area contributed by atoms with Crippen LogP contribution in [0.4, 0.5) is 0 Å². The smallest absolute Gasteiger partial charge is 0.183 e. The van der Waals surface area contributed by atoms with Gasteiger partial charge in [0.05, 0.1) is 0 Å². The third kappa shape index (κ3) is 1.89. The van der Waals surface area contributed by atoms with Gasteiger partial charge in [0, 0.05) is 29.7 Å². The molecule has 2 aromatic rings. The first-order valence-corrected chi connectivity index (χ1v) is 6.14. The number of pyridine rings is 1. The van der Waals surface area contributed by atoms with Gasteiger partial charge in [0.1, 0.15) is 5.65 Å². The Labute approximate surface area is 99.7 Å². The lowest BCUT2D eigenvalue weighted by Crippen LogP contribution is -2.11. The Hall–Kier alpha value is -1.55. The molecule has 2 N–H and O–H groups in total. The Morgan fingerprint density at radius 3 is 3.18 bits per heavy atom. The molecule has 0 amide bonds. The van der Waals surface area contributed by atoms with E-state index in [9.17, 15) is 4.79 Å². The van der Waals surface area contributed by atoms with Gasteiger partial charge in [-0.05, 0) is 38.8 Å². The van der Waals surface area contributed by atoms with Crippen molar-refractivity contribution in [3.05, 3.63) is 39.9 Å². The van der Waals surface area contributed by atoms with Crippen LogP contribution in [-0.4, -0.2) is 22.5 Å². The van der Waals surface area contributed by atoms with Crippen LogP contribution >= 0.6 is 0 Å². The van der Waals surface area contributed by atoms with Crippen LogP contribution in [0.15, 0.2) is 23.1 Å². The lowest BCUT2D eigenvalue weighted by molar-refractivity contribution is 0.571. The van der Waals surface area contributed by atoms with E-state index in [1.807, 2.05) is 6.20 Å². The largest absolute Gasteiger partial charge is 0.343 e. The van der Waals surface area contributed by atoms with Crippen molar-refractivity contribution in [2.24, 2.45) is 5.92 Å². The minimum absolute atomic E-state index is 0.0559. The van der Waals surface area contributed by atoms with Crippen molar-refractivity contribution in [1.82, 2.24) is 14.7 Å². The second-order valence-electron chi connectivity index (χ2n) is 4.87. The van der Waals surface area contributed by atoms with E-state index in [0.717, 1.165) is 25.2 Å². The lowest BCUT2D eigenvalue weighted by Gasteiger charge is -2.06. The second-order valence-corrected chi connectivity index (χ2v) is 4.87. The van der Waals surface area contributed by atoms with Crippen molar-refractivity contribution in [2.45, 2.75) is 19.8 Å². The average molecular weight is 231 g/mol. The van der Waals surface area contributed by atoms with Crippen molar-refractivity contribution in [3.63, 3.8) is 0 Å². The molecule has 90 valence electrons. The molecule has 0 radical (unpaired) electrons. The van der Waals surface area contributed by atoms with Crippen LogP contribution in [0.1, 0.15) is 17.8 Å². The minimum Gasteiger partial charge on any atom is -0.343 e. The third-order valence-electron chi connectivity index (χ3n) is 3.66. The highest BCUT2D eigenvalue weighted by molar-refractivity contribution is 5.42. The number of fused-ring (bicyclic) bond motifs is 1. The van der Waals surface area contributed by atoms with Crippen LogP contribution < -0.4 is 10.7 Å². The predicted octanol–water partition coefficient (Wildman–Crippen LogP) is 1.09. The molecule has 1 aliphatic rings. The molecule has 0 aromatic carbocycles. The third-order valence-corrected chi connectivity index (χ3v) is 3.66. The number of aromatic amines is 1. The van der Waals surface area contributed by atoms with Gasteiger partial charge in [0.2, 0.25) is 0 Å². The van der Waals surface area contributed by atoms with E-state index in [4.69, 9.17) is 0 Å². The van der Waals surface area contributed by atoms with Crippen LogP contribution in [0.5, 0.6) is 0 Å². The molecule has 17 heavy (non-hydrogen) atoms. The number of nitrogens with one attached hydrogen (secondary N) is 2. The number of aromatic nitrogens is 2. The Morgan fingerprint density at radius 2 is 2.41 bits per heavy atom. The molecule has 0 saturated carbocycles. The maximum atomic E-state index is 11.3. The van der Waals surface area contributed by atoms with E-state index in [-0.39, 0.29) is 5.43 Å². The summed E-state index contributed by atoms with van der Waals surface area (Å²) < 4.78 is 2.05. The number of rotatable bonds is 2. The van der Waals surface area contributed by atoms with Gasteiger partial charge in [0.25, 0.3) is 0 Å². The maximum absolute atomic E-state index is 11.3. The van der Waals surface area contributed by atoms with Gasteiger partial charge in [-0.15, -0.1) is 0 Å². The summed E-state index contributed by atoms with van der Waals surface area (Å²) >= 11 is 0. The number of aryl methyl sites for hydroxylation is 1. The minimum atomic E-state index is 0.0559. The molecule has 1 aliphatic heterocycles. The number of hydrogen-bond donors (Lipinski definition) is 2. The first kappa shape index (κ1) is 10.6. The summed E-state index contributed by atoms with van der Waals surface area (Å²) in [7, 11) is 0. The molecule has 3 heterocycles. The molecule has 3 rings (SSSR count). The number of H-pyrrole nitrogens is 1. The summed E-state index contributed by atoms with van der Waals surface area (Å²) in [6.07, 6.45) is 4.15. The van der Waals surface area contributed by atoms with E-state index in [2.05, 4.69) is 21.6 Å². The van der Waals surface area contributed by atoms with E-state index >= 15 is 0 Å². The number of imidazole rings is 1. The molecule has 4 heteroatoms. The normalized spacial score (nSPS) is 20.2. The van der Waals surface area contributed by atoms with Gasteiger partial charge in [-0.25, -0.2) is 0 Å². The standard InChI is InChI=1S/C13H17N3O/c1-9-12(6-10-2-4-14-8-10)15-13-7-11(17)3-5-16(9)13/h3,5,7,10,14-15H,2,4,6,8H2,1H3. The highest BCUT2D eigenvalue weighted by atomic mass is 16.1. The van der Waals surface area contributed by atoms with Gasteiger partial charge in [-0.3, -0.25) is 4.79 Å². The lowest BCUT2D eigenvalue weighted by atomic mass is 10.0. The first-order chi connectivity index (χ1) is 8.24. The first-order valence-electron chi connectivity index (χ1n) is 6.14. The fourth-order valence-corrected chi connectivity index (χ4v) is 2.64. The monoisotopic (exact) mass is 231 g/mol. The molecule has 0 spiro atoms.